The molecule has 1 aliphatic rings. The molecule has 0 spiro atoms. The summed E-state index contributed by atoms with van der Waals surface area (Å²) in [7, 11) is 0. The molecular weight excluding hydrogens is 397 g/mol. The predicted molar refractivity (Wildman–Crippen MR) is 45.2 cm³/mol. The van der Waals surface area contributed by atoms with Crippen molar-refractivity contribution in [1.82, 2.24) is 0 Å². The molecule has 90 valence electrons. The summed E-state index contributed by atoms with van der Waals surface area (Å²) in [6, 6.07) is 0. The number of ether oxygens (including phenoxy) is 1. The molecule has 8 heteroatoms. The van der Waals surface area contributed by atoms with Crippen LogP contribution in [0.1, 0.15) is 0 Å². The average molecular weight is 411 g/mol. The summed E-state index contributed by atoms with van der Waals surface area (Å²) in [4.78, 5) is 0. The maximum absolute atomic E-state index is 9.18. The van der Waals surface area contributed by atoms with E-state index in [1.165, 1.54) is 0 Å². The quantitative estimate of drug-likeness (QED) is 0.318. The summed E-state index contributed by atoms with van der Waals surface area (Å²) in [5.74, 6) is 0. The van der Waals surface area contributed by atoms with E-state index in [1.807, 2.05) is 0 Å². The fourth-order valence-electron chi connectivity index (χ4n) is 1.13. The van der Waals surface area contributed by atoms with Gasteiger partial charge in [-0.1, -0.05) is 0 Å². The molecule has 1 heterocycles. The van der Waals surface area contributed by atoms with Crippen LogP contribution in [-0.2, 0) is 25.8 Å². The van der Waals surface area contributed by atoms with Crippen molar-refractivity contribution >= 4 is 12.4 Å². The molecule has 14 heavy (non-hydrogen) atoms. The van der Waals surface area contributed by atoms with E-state index in [4.69, 9.17) is 25.8 Å². The van der Waals surface area contributed by atoms with E-state index < -0.39 is 37.3 Å². The van der Waals surface area contributed by atoms with Crippen LogP contribution in [0, 0.1) is 0 Å². The standard InChI is InChI=1S/C6H13NO5.ClH.Pt/c7-6-5(11)4(10)3(9)2(1-8)12-6;;/h2-6,8-11H,1,7H2;1H;/t2-,3-,4+,5+,6?;;/m1../s1. The number of rotatable bonds is 1. The normalized spacial score (nSPS) is 42.2. The molecule has 6 nitrogen and oxygen atoms in total. The number of hydrogen-bond acceptors (Lipinski definition) is 6. The van der Waals surface area contributed by atoms with Crippen LogP contribution in [0.15, 0.2) is 0 Å². The van der Waals surface area contributed by atoms with Crippen LogP contribution >= 0.6 is 12.4 Å². The van der Waals surface area contributed by atoms with Gasteiger partial charge in [0.15, 0.2) is 0 Å². The molecule has 0 amide bonds. The molecule has 0 radical (unpaired) electrons. The Morgan fingerprint density at radius 2 is 1.57 bits per heavy atom. The fraction of sp³-hybridized carbons (Fsp3) is 1.00. The Balaban J connectivity index is 0. The molecule has 0 aromatic heterocycles. The van der Waals surface area contributed by atoms with Gasteiger partial charge >= 0.3 is 0 Å². The van der Waals surface area contributed by atoms with E-state index in [0.29, 0.717) is 0 Å². The molecule has 0 saturated carbocycles. The maximum atomic E-state index is 9.18. The predicted octanol–water partition coefficient (Wildman–Crippen LogP) is -2.84. The van der Waals surface area contributed by atoms with Gasteiger partial charge in [-0.05, 0) is 0 Å². The van der Waals surface area contributed by atoms with E-state index >= 15 is 0 Å². The Kier molecular flexibility index (Phi) is 8.68. The van der Waals surface area contributed by atoms with E-state index in [9.17, 15) is 5.11 Å². The number of halogens is 1. The molecule has 0 aliphatic carbocycles. The van der Waals surface area contributed by atoms with E-state index in [-0.39, 0.29) is 33.5 Å². The maximum Gasteiger partial charge on any atom is 0.135 e. The molecule has 0 bridgehead atoms. The molecule has 0 aromatic carbocycles. The van der Waals surface area contributed by atoms with Gasteiger partial charge in [0.25, 0.3) is 0 Å². The van der Waals surface area contributed by atoms with Gasteiger partial charge in [-0.15, -0.1) is 12.4 Å². The van der Waals surface area contributed by atoms with Gasteiger partial charge in [0.05, 0.1) is 6.61 Å². The zero-order valence-corrected chi connectivity index (χ0v) is 10.2. The SMILES string of the molecule is Cl.NC1O[C@H](CO)[C@@H](O)[C@H](O)[C@@H]1O.[Pt]. The third-order valence-corrected chi connectivity index (χ3v) is 1.93. The third-order valence-electron chi connectivity index (χ3n) is 1.93. The van der Waals surface area contributed by atoms with E-state index in [1.54, 1.807) is 0 Å². The van der Waals surface area contributed by atoms with Crippen molar-refractivity contribution in [3.05, 3.63) is 0 Å². The van der Waals surface area contributed by atoms with E-state index in [0.717, 1.165) is 0 Å². The monoisotopic (exact) mass is 410 g/mol. The zero-order chi connectivity index (χ0) is 9.30. The van der Waals surface area contributed by atoms with Crippen LogP contribution < -0.4 is 5.73 Å². The molecule has 1 rings (SSSR count). The molecule has 0 aromatic rings. The summed E-state index contributed by atoms with van der Waals surface area (Å²) in [6.45, 7) is -0.446. The van der Waals surface area contributed by atoms with Crippen molar-refractivity contribution in [3.8, 4) is 0 Å². The Hall–Kier alpha value is 0.738. The fourth-order valence-corrected chi connectivity index (χ4v) is 1.13. The first-order valence-corrected chi connectivity index (χ1v) is 3.64. The third kappa shape index (κ3) is 3.39. The van der Waals surface area contributed by atoms with Crippen LogP contribution in [0.3, 0.4) is 0 Å². The summed E-state index contributed by atoms with van der Waals surface area (Å²) in [5.41, 5.74) is 5.24. The van der Waals surface area contributed by atoms with Crippen molar-refractivity contribution in [1.29, 1.82) is 0 Å². The summed E-state index contributed by atoms with van der Waals surface area (Å²) >= 11 is 0. The Morgan fingerprint density at radius 1 is 1.07 bits per heavy atom. The smallest absolute Gasteiger partial charge is 0.135 e. The first kappa shape index (κ1) is 17.1. The van der Waals surface area contributed by atoms with Crippen molar-refractivity contribution in [2.24, 2.45) is 5.73 Å². The number of aliphatic hydroxyl groups excluding tert-OH is 4. The molecule has 5 atom stereocenters. The largest absolute Gasteiger partial charge is 0.394 e. The van der Waals surface area contributed by atoms with Crippen molar-refractivity contribution in [3.63, 3.8) is 0 Å². The van der Waals surface area contributed by atoms with Crippen molar-refractivity contribution < 1.29 is 46.2 Å². The Bertz CT molecular complexity index is 160. The summed E-state index contributed by atoms with van der Waals surface area (Å²) in [5, 5.41) is 36.1. The molecule has 1 aliphatic heterocycles. The van der Waals surface area contributed by atoms with Gasteiger partial charge in [-0.25, -0.2) is 0 Å². The summed E-state index contributed by atoms with van der Waals surface area (Å²) < 4.78 is 4.80. The molecule has 1 unspecified atom stereocenters. The molecule has 6 N–H and O–H groups in total. The molecule has 1 saturated heterocycles. The number of hydrogen-bond donors (Lipinski definition) is 5. The Labute approximate surface area is 102 Å². The summed E-state index contributed by atoms with van der Waals surface area (Å²) in [6.07, 6.45) is -5.99. The van der Waals surface area contributed by atoms with Gasteiger partial charge in [0.2, 0.25) is 0 Å². The van der Waals surface area contributed by atoms with Crippen LogP contribution in [0.25, 0.3) is 0 Å². The number of aliphatic hydroxyl groups is 4. The first-order valence-electron chi connectivity index (χ1n) is 3.64. The first-order chi connectivity index (χ1) is 5.57. The second kappa shape index (κ2) is 7.08. The van der Waals surface area contributed by atoms with Crippen LogP contribution in [0.5, 0.6) is 0 Å². The van der Waals surface area contributed by atoms with E-state index in [2.05, 4.69) is 0 Å². The van der Waals surface area contributed by atoms with Gasteiger partial charge in [-0.2, -0.15) is 0 Å². The average Bonchev–Trinajstić information content (AvgIpc) is 2.08. The Morgan fingerprint density at radius 3 is 2.00 bits per heavy atom. The topological polar surface area (TPSA) is 116 Å². The minimum absolute atomic E-state index is 0. The van der Waals surface area contributed by atoms with Crippen molar-refractivity contribution in [2.45, 2.75) is 30.6 Å². The minimum Gasteiger partial charge on any atom is -0.394 e. The van der Waals surface area contributed by atoms with Crippen LogP contribution in [-0.4, -0.2) is 57.7 Å². The number of nitrogens with two attached hydrogens (primary N) is 1. The second-order valence-corrected chi connectivity index (χ2v) is 2.79. The van der Waals surface area contributed by atoms with Crippen molar-refractivity contribution in [2.75, 3.05) is 6.61 Å². The van der Waals surface area contributed by atoms with Crippen LogP contribution in [0.2, 0.25) is 0 Å². The molecular formula is C6H14ClNO5Pt. The van der Waals surface area contributed by atoms with Gasteiger partial charge in [0.1, 0.15) is 30.6 Å². The zero-order valence-electron chi connectivity index (χ0n) is 7.09. The van der Waals surface area contributed by atoms with Gasteiger partial charge in [-0.3, -0.25) is 0 Å². The molecule has 1 fully saturated rings. The minimum atomic E-state index is -1.37. The van der Waals surface area contributed by atoms with Gasteiger partial charge in [0, 0.05) is 21.1 Å². The second-order valence-electron chi connectivity index (χ2n) is 2.79. The van der Waals surface area contributed by atoms with Gasteiger partial charge < -0.3 is 30.9 Å². The van der Waals surface area contributed by atoms with Crippen LogP contribution in [0.4, 0.5) is 0 Å².